The van der Waals surface area contributed by atoms with E-state index < -0.39 is 5.91 Å². The van der Waals surface area contributed by atoms with Crippen molar-refractivity contribution in [1.82, 2.24) is 4.98 Å². The van der Waals surface area contributed by atoms with Gasteiger partial charge >= 0.3 is 0 Å². The first-order valence-electron chi connectivity index (χ1n) is 5.47. The zero-order chi connectivity index (χ0) is 14.9. The van der Waals surface area contributed by atoms with Gasteiger partial charge in [-0.2, -0.15) is 0 Å². The van der Waals surface area contributed by atoms with Gasteiger partial charge in [0.25, 0.3) is 5.91 Å². The molecule has 2 rings (SSSR count). The highest BCUT2D eigenvalue weighted by Gasteiger charge is 2.14. The number of aryl methyl sites for hydroxylation is 1. The van der Waals surface area contributed by atoms with Crippen LogP contribution in [-0.2, 0) is 0 Å². The summed E-state index contributed by atoms with van der Waals surface area (Å²) >= 11 is 23.7. The number of hydrogen-bond donors (Lipinski definition) is 1. The van der Waals surface area contributed by atoms with Gasteiger partial charge in [-0.05, 0) is 24.6 Å². The molecule has 0 bridgehead atoms. The fourth-order valence-corrected chi connectivity index (χ4v) is 2.24. The lowest BCUT2D eigenvalue weighted by Gasteiger charge is -2.11. The van der Waals surface area contributed by atoms with E-state index in [2.05, 4.69) is 10.3 Å². The van der Waals surface area contributed by atoms with Crippen LogP contribution in [-0.4, -0.2) is 10.9 Å². The van der Waals surface area contributed by atoms with Crippen LogP contribution in [0, 0.1) is 6.92 Å². The largest absolute Gasteiger partial charge is 0.319 e. The molecule has 0 aliphatic heterocycles. The molecular formula is C13H8Cl4N2O. The molecule has 1 heterocycles. The average molecular weight is 350 g/mol. The van der Waals surface area contributed by atoms with Gasteiger partial charge in [-0.1, -0.05) is 52.5 Å². The molecule has 0 saturated heterocycles. The Morgan fingerprint density at radius 2 is 1.85 bits per heavy atom. The third-order valence-electron chi connectivity index (χ3n) is 2.58. The first-order chi connectivity index (χ1) is 9.40. The van der Waals surface area contributed by atoms with Crippen LogP contribution >= 0.6 is 46.4 Å². The minimum atomic E-state index is -0.425. The van der Waals surface area contributed by atoms with Crippen molar-refractivity contribution < 1.29 is 4.79 Å². The molecule has 0 radical (unpaired) electrons. The van der Waals surface area contributed by atoms with Crippen LogP contribution < -0.4 is 5.32 Å². The average Bonchev–Trinajstić information content (AvgIpc) is 2.42. The van der Waals surface area contributed by atoms with E-state index in [1.165, 1.54) is 12.3 Å². The Kier molecular flexibility index (Phi) is 4.76. The molecule has 7 heteroatoms. The number of pyridine rings is 1. The van der Waals surface area contributed by atoms with E-state index in [0.717, 1.165) is 5.56 Å². The predicted molar refractivity (Wildman–Crippen MR) is 83.4 cm³/mol. The number of halogens is 4. The SMILES string of the molecule is Cc1ccc(Cl)c(NC(=O)c2cnc(Cl)c(Cl)c2)c1Cl. The second-order valence-corrected chi connectivity index (χ2v) is 5.55. The van der Waals surface area contributed by atoms with Crippen molar-refractivity contribution in [2.75, 3.05) is 5.32 Å². The molecule has 3 nitrogen and oxygen atoms in total. The van der Waals surface area contributed by atoms with Crippen LogP contribution in [0.3, 0.4) is 0 Å². The summed E-state index contributed by atoms with van der Waals surface area (Å²) in [6.45, 7) is 1.81. The summed E-state index contributed by atoms with van der Waals surface area (Å²) in [7, 11) is 0. The first kappa shape index (κ1) is 15.4. The van der Waals surface area contributed by atoms with Crippen LogP contribution in [0.2, 0.25) is 20.2 Å². The molecule has 0 saturated carbocycles. The summed E-state index contributed by atoms with van der Waals surface area (Å²) in [5.74, 6) is -0.425. The molecule has 1 aromatic heterocycles. The van der Waals surface area contributed by atoms with Crippen LogP contribution in [0.15, 0.2) is 24.4 Å². The summed E-state index contributed by atoms with van der Waals surface area (Å²) in [6, 6.07) is 4.84. The highest BCUT2D eigenvalue weighted by molar-refractivity contribution is 6.42. The molecule has 1 aromatic carbocycles. The third-order valence-corrected chi connectivity index (χ3v) is 4.07. The highest BCUT2D eigenvalue weighted by atomic mass is 35.5. The molecule has 0 spiro atoms. The quantitative estimate of drug-likeness (QED) is 0.751. The molecule has 1 amide bonds. The number of carbonyl (C=O) groups is 1. The Morgan fingerprint density at radius 3 is 2.50 bits per heavy atom. The molecule has 0 aliphatic rings. The molecule has 0 unspecified atom stereocenters. The van der Waals surface area contributed by atoms with Crippen molar-refractivity contribution in [3.63, 3.8) is 0 Å². The van der Waals surface area contributed by atoms with Crippen molar-refractivity contribution >= 4 is 58.0 Å². The van der Waals surface area contributed by atoms with Crippen LogP contribution in [0.5, 0.6) is 0 Å². The van der Waals surface area contributed by atoms with Gasteiger partial charge in [-0.25, -0.2) is 4.98 Å². The van der Waals surface area contributed by atoms with Crippen molar-refractivity contribution in [3.05, 3.63) is 55.7 Å². The summed E-state index contributed by atoms with van der Waals surface area (Å²) in [4.78, 5) is 15.9. The van der Waals surface area contributed by atoms with E-state index in [9.17, 15) is 4.79 Å². The predicted octanol–water partition coefficient (Wildman–Crippen LogP) is 5.26. The lowest BCUT2D eigenvalue weighted by atomic mass is 10.2. The van der Waals surface area contributed by atoms with Crippen molar-refractivity contribution in [2.45, 2.75) is 6.92 Å². The van der Waals surface area contributed by atoms with Crippen LogP contribution in [0.4, 0.5) is 5.69 Å². The van der Waals surface area contributed by atoms with E-state index in [4.69, 9.17) is 46.4 Å². The fraction of sp³-hybridized carbons (Fsp3) is 0.0769. The maximum absolute atomic E-state index is 12.1. The van der Waals surface area contributed by atoms with E-state index in [1.54, 1.807) is 12.1 Å². The van der Waals surface area contributed by atoms with Gasteiger partial charge in [0.05, 0.1) is 26.3 Å². The number of hydrogen-bond acceptors (Lipinski definition) is 2. The lowest BCUT2D eigenvalue weighted by molar-refractivity contribution is 0.102. The van der Waals surface area contributed by atoms with Gasteiger partial charge in [-0.3, -0.25) is 4.79 Å². The Labute approximate surface area is 135 Å². The van der Waals surface area contributed by atoms with Crippen LogP contribution in [0.25, 0.3) is 0 Å². The summed E-state index contributed by atoms with van der Waals surface area (Å²) < 4.78 is 0. The second kappa shape index (κ2) is 6.19. The van der Waals surface area contributed by atoms with Gasteiger partial charge < -0.3 is 5.32 Å². The monoisotopic (exact) mass is 348 g/mol. The Bertz CT molecular complexity index is 688. The number of nitrogens with one attached hydrogen (secondary N) is 1. The molecule has 104 valence electrons. The number of benzene rings is 1. The van der Waals surface area contributed by atoms with Gasteiger partial charge in [0.1, 0.15) is 5.15 Å². The second-order valence-electron chi connectivity index (χ2n) is 4.00. The van der Waals surface area contributed by atoms with E-state index in [-0.39, 0.29) is 15.7 Å². The molecule has 20 heavy (non-hydrogen) atoms. The van der Waals surface area contributed by atoms with E-state index in [0.29, 0.717) is 15.7 Å². The Balaban J connectivity index is 2.32. The normalized spacial score (nSPS) is 10.4. The maximum atomic E-state index is 12.1. The third kappa shape index (κ3) is 3.18. The summed E-state index contributed by atoms with van der Waals surface area (Å²) in [5.41, 5.74) is 1.41. The number of nitrogens with zero attached hydrogens (tertiary/aromatic N) is 1. The topological polar surface area (TPSA) is 42.0 Å². The van der Waals surface area contributed by atoms with E-state index >= 15 is 0 Å². The summed E-state index contributed by atoms with van der Waals surface area (Å²) in [6.07, 6.45) is 1.32. The van der Waals surface area contributed by atoms with Crippen molar-refractivity contribution in [1.29, 1.82) is 0 Å². The standard InChI is InChI=1S/C13H8Cl4N2O/c1-6-2-3-8(14)11(10(6)16)19-13(20)7-4-9(15)12(17)18-5-7/h2-5H,1H3,(H,19,20). The minimum Gasteiger partial charge on any atom is -0.319 e. The number of rotatable bonds is 2. The lowest BCUT2D eigenvalue weighted by Crippen LogP contribution is -2.13. The summed E-state index contributed by atoms with van der Waals surface area (Å²) in [5, 5.41) is 3.70. The van der Waals surface area contributed by atoms with Crippen molar-refractivity contribution in [3.8, 4) is 0 Å². The zero-order valence-corrected chi connectivity index (χ0v) is 13.2. The zero-order valence-electron chi connectivity index (χ0n) is 10.2. The number of anilines is 1. The molecule has 1 N–H and O–H groups in total. The van der Waals surface area contributed by atoms with Gasteiger partial charge in [0.15, 0.2) is 0 Å². The van der Waals surface area contributed by atoms with Crippen molar-refractivity contribution in [2.24, 2.45) is 0 Å². The van der Waals surface area contributed by atoms with Crippen LogP contribution in [0.1, 0.15) is 15.9 Å². The minimum absolute atomic E-state index is 0.134. The van der Waals surface area contributed by atoms with E-state index in [1.807, 2.05) is 6.92 Å². The molecule has 0 atom stereocenters. The number of amides is 1. The Morgan fingerprint density at radius 1 is 1.15 bits per heavy atom. The highest BCUT2D eigenvalue weighted by Crippen LogP contribution is 2.33. The van der Waals surface area contributed by atoms with Gasteiger partial charge in [0, 0.05) is 6.20 Å². The number of aromatic nitrogens is 1. The van der Waals surface area contributed by atoms with Gasteiger partial charge in [0.2, 0.25) is 0 Å². The molecule has 0 fully saturated rings. The molecule has 2 aromatic rings. The Hall–Kier alpha value is -1.000. The molecular weight excluding hydrogens is 342 g/mol. The number of carbonyl (C=O) groups excluding carboxylic acids is 1. The maximum Gasteiger partial charge on any atom is 0.257 e. The first-order valence-corrected chi connectivity index (χ1v) is 6.98. The fourth-order valence-electron chi connectivity index (χ4n) is 1.50. The molecule has 0 aliphatic carbocycles. The smallest absolute Gasteiger partial charge is 0.257 e. The van der Waals surface area contributed by atoms with Gasteiger partial charge in [-0.15, -0.1) is 0 Å².